The standard InChI is InChI=1S/C37H47N5O2S/c1-26(2)16-22-40(23-17-27(3)4)35(43)29-14-15-31-32(24-29)41(21-11-20-39-18-9-6-10-19-39)37-38-30-25-33(28-12-7-5-8-13-28)45-34(30)36(44)42(31)37/h5,7-8,12-15,24-27H,6,9-11,16-23H2,1-4H3. The maximum absolute atomic E-state index is 14.1. The summed E-state index contributed by atoms with van der Waals surface area (Å²) in [4.78, 5) is 38.9. The van der Waals surface area contributed by atoms with E-state index in [1.54, 1.807) is 4.40 Å². The van der Waals surface area contributed by atoms with Gasteiger partial charge in [0.25, 0.3) is 11.5 Å². The molecule has 5 aromatic rings. The normalized spacial score (nSPS) is 14.4. The molecule has 45 heavy (non-hydrogen) atoms. The quantitative estimate of drug-likeness (QED) is 0.141. The van der Waals surface area contributed by atoms with Gasteiger partial charge < -0.3 is 14.4 Å². The Hall–Kier alpha value is -3.49. The molecule has 0 atom stereocenters. The lowest BCUT2D eigenvalue weighted by molar-refractivity contribution is 0.0741. The zero-order valence-corrected chi connectivity index (χ0v) is 28.1. The monoisotopic (exact) mass is 625 g/mol. The lowest BCUT2D eigenvalue weighted by atomic mass is 10.1. The number of hydrogen-bond donors (Lipinski definition) is 0. The van der Waals surface area contributed by atoms with Crippen LogP contribution in [0.2, 0.25) is 0 Å². The Bertz CT molecular complexity index is 1820. The first kappa shape index (κ1) is 31.5. The van der Waals surface area contributed by atoms with Crippen molar-refractivity contribution < 1.29 is 4.79 Å². The summed E-state index contributed by atoms with van der Waals surface area (Å²) in [7, 11) is 0. The van der Waals surface area contributed by atoms with Crippen LogP contribution in [0.15, 0.2) is 59.4 Å². The van der Waals surface area contributed by atoms with Crippen molar-refractivity contribution >= 4 is 44.3 Å². The van der Waals surface area contributed by atoms with Crippen LogP contribution in [0.1, 0.15) is 76.6 Å². The average Bonchev–Trinajstić information content (AvgIpc) is 3.61. The highest BCUT2D eigenvalue weighted by Gasteiger charge is 2.22. The summed E-state index contributed by atoms with van der Waals surface area (Å²) in [6.45, 7) is 14.4. The van der Waals surface area contributed by atoms with Crippen molar-refractivity contribution in [3.63, 3.8) is 0 Å². The van der Waals surface area contributed by atoms with Crippen molar-refractivity contribution in [1.82, 2.24) is 23.8 Å². The van der Waals surface area contributed by atoms with E-state index >= 15 is 0 Å². The summed E-state index contributed by atoms with van der Waals surface area (Å²) in [5.74, 6) is 1.77. The number of nitrogens with zero attached hydrogens (tertiary/aromatic N) is 5. The van der Waals surface area contributed by atoms with Gasteiger partial charge in [0.15, 0.2) is 0 Å². The molecule has 0 N–H and O–H groups in total. The second kappa shape index (κ2) is 13.9. The summed E-state index contributed by atoms with van der Waals surface area (Å²) in [6.07, 6.45) is 6.76. The highest BCUT2D eigenvalue weighted by Crippen LogP contribution is 2.32. The molecule has 0 unspecified atom stereocenters. The number of rotatable bonds is 12. The van der Waals surface area contributed by atoms with Crippen LogP contribution < -0.4 is 5.56 Å². The predicted molar refractivity (Wildman–Crippen MR) is 187 cm³/mol. The smallest absolute Gasteiger partial charge is 0.277 e. The van der Waals surface area contributed by atoms with Crippen molar-refractivity contribution in [2.45, 2.75) is 72.8 Å². The van der Waals surface area contributed by atoms with Crippen LogP contribution in [0.3, 0.4) is 0 Å². The van der Waals surface area contributed by atoms with Crippen LogP contribution in [0.4, 0.5) is 0 Å². The van der Waals surface area contributed by atoms with E-state index in [4.69, 9.17) is 4.98 Å². The van der Waals surface area contributed by atoms with Gasteiger partial charge in [-0.1, -0.05) is 64.4 Å². The van der Waals surface area contributed by atoms with Gasteiger partial charge in [0.1, 0.15) is 4.70 Å². The van der Waals surface area contributed by atoms with Gasteiger partial charge in [-0.25, -0.2) is 9.38 Å². The predicted octanol–water partition coefficient (Wildman–Crippen LogP) is 7.94. The van der Waals surface area contributed by atoms with Gasteiger partial charge >= 0.3 is 0 Å². The summed E-state index contributed by atoms with van der Waals surface area (Å²) >= 11 is 1.50. The number of carbonyl (C=O) groups is 1. The lowest BCUT2D eigenvalue weighted by Crippen LogP contribution is -2.34. The number of hydrogen-bond acceptors (Lipinski definition) is 5. The third kappa shape index (κ3) is 6.87. The minimum atomic E-state index is -0.0449. The highest BCUT2D eigenvalue weighted by molar-refractivity contribution is 7.22. The van der Waals surface area contributed by atoms with Gasteiger partial charge in [-0.15, -0.1) is 11.3 Å². The SMILES string of the molecule is CC(C)CCN(CCC(C)C)C(=O)c1ccc2c(c1)n(CCCN1CCCCC1)c1nc3cc(-c4ccccc4)sc3c(=O)n21. The second-order valence-electron chi connectivity index (χ2n) is 13.5. The molecule has 0 aliphatic carbocycles. The van der Waals surface area contributed by atoms with Crippen molar-refractivity contribution in [3.8, 4) is 10.4 Å². The van der Waals surface area contributed by atoms with E-state index in [2.05, 4.69) is 49.3 Å². The Kier molecular flexibility index (Phi) is 9.71. The molecule has 1 aliphatic heterocycles. The molecule has 238 valence electrons. The summed E-state index contributed by atoms with van der Waals surface area (Å²) in [6, 6.07) is 18.1. The Morgan fingerprint density at radius 3 is 2.29 bits per heavy atom. The fourth-order valence-corrected chi connectivity index (χ4v) is 7.49. The number of piperidine rings is 1. The van der Waals surface area contributed by atoms with E-state index in [0.29, 0.717) is 27.9 Å². The maximum Gasteiger partial charge on any atom is 0.277 e. The Morgan fingerprint density at radius 1 is 0.889 bits per heavy atom. The number of fused-ring (bicyclic) bond motifs is 4. The number of aryl methyl sites for hydroxylation is 1. The van der Waals surface area contributed by atoms with Crippen LogP contribution in [0.25, 0.3) is 37.5 Å². The molecule has 6 rings (SSSR count). The maximum atomic E-state index is 14.1. The molecule has 3 aromatic heterocycles. The molecule has 0 saturated carbocycles. The molecule has 4 heterocycles. The van der Waals surface area contributed by atoms with E-state index < -0.39 is 0 Å². The number of thiophene rings is 1. The van der Waals surface area contributed by atoms with Gasteiger partial charge in [-0.05, 0) is 93.4 Å². The van der Waals surface area contributed by atoms with Gasteiger partial charge in [0.05, 0.1) is 16.6 Å². The number of imidazole rings is 1. The van der Waals surface area contributed by atoms with E-state index in [9.17, 15) is 9.59 Å². The fourth-order valence-electron chi connectivity index (χ4n) is 6.46. The molecule has 2 aromatic carbocycles. The minimum Gasteiger partial charge on any atom is -0.339 e. The largest absolute Gasteiger partial charge is 0.339 e. The Labute approximate surface area is 270 Å². The molecule has 1 fully saturated rings. The van der Waals surface area contributed by atoms with Crippen molar-refractivity contribution in [3.05, 3.63) is 70.5 Å². The van der Waals surface area contributed by atoms with Gasteiger partial charge in [-0.2, -0.15) is 0 Å². The van der Waals surface area contributed by atoms with Crippen LogP contribution >= 0.6 is 11.3 Å². The van der Waals surface area contributed by atoms with Crippen LogP contribution in [0.5, 0.6) is 0 Å². The number of amides is 1. The Morgan fingerprint density at radius 2 is 1.60 bits per heavy atom. The zero-order chi connectivity index (χ0) is 31.5. The molecule has 1 saturated heterocycles. The van der Waals surface area contributed by atoms with Crippen molar-refractivity contribution in [1.29, 1.82) is 0 Å². The number of carbonyl (C=O) groups excluding carboxylic acids is 1. The van der Waals surface area contributed by atoms with E-state index in [1.807, 2.05) is 47.4 Å². The molecular weight excluding hydrogens is 579 g/mol. The van der Waals surface area contributed by atoms with Crippen molar-refractivity contribution in [2.24, 2.45) is 11.8 Å². The van der Waals surface area contributed by atoms with Crippen LogP contribution in [-0.4, -0.2) is 62.4 Å². The first-order valence-corrected chi connectivity index (χ1v) is 17.7. The molecule has 0 radical (unpaired) electrons. The second-order valence-corrected chi connectivity index (χ2v) is 14.6. The summed E-state index contributed by atoms with van der Waals surface area (Å²) in [5.41, 5.74) is 4.16. The summed E-state index contributed by atoms with van der Waals surface area (Å²) in [5, 5.41) is 0. The Balaban J connectivity index is 1.43. The third-order valence-corrected chi connectivity index (χ3v) is 10.3. The summed E-state index contributed by atoms with van der Waals surface area (Å²) < 4.78 is 4.61. The number of aromatic nitrogens is 3. The van der Waals surface area contributed by atoms with Gasteiger partial charge in [0.2, 0.25) is 5.78 Å². The molecule has 7 nitrogen and oxygen atoms in total. The third-order valence-electron chi connectivity index (χ3n) is 9.13. The molecule has 0 bridgehead atoms. The van der Waals surface area contributed by atoms with Gasteiger partial charge in [0, 0.05) is 30.1 Å². The first-order valence-electron chi connectivity index (χ1n) is 16.9. The fraction of sp³-hybridized carbons (Fsp3) is 0.486. The zero-order valence-electron chi connectivity index (χ0n) is 27.3. The topological polar surface area (TPSA) is 62.9 Å². The van der Waals surface area contributed by atoms with Crippen LogP contribution in [0, 0.1) is 11.8 Å². The first-order chi connectivity index (χ1) is 21.8. The molecule has 1 aliphatic rings. The molecule has 8 heteroatoms. The average molecular weight is 626 g/mol. The number of likely N-dealkylation sites (tertiary alicyclic amines) is 1. The van der Waals surface area contributed by atoms with Crippen LogP contribution in [-0.2, 0) is 6.54 Å². The van der Waals surface area contributed by atoms with E-state index in [-0.39, 0.29) is 11.5 Å². The highest BCUT2D eigenvalue weighted by atomic mass is 32.1. The molecule has 0 spiro atoms. The number of benzene rings is 2. The van der Waals surface area contributed by atoms with Gasteiger partial charge in [-0.3, -0.25) is 9.59 Å². The van der Waals surface area contributed by atoms with Crippen molar-refractivity contribution in [2.75, 3.05) is 32.7 Å². The molecular formula is C37H47N5O2S. The lowest BCUT2D eigenvalue weighted by Gasteiger charge is -2.26. The van der Waals surface area contributed by atoms with E-state index in [1.165, 1.54) is 30.6 Å². The molecule has 1 amide bonds. The minimum absolute atomic E-state index is 0.0449. The van der Waals surface area contributed by atoms with E-state index in [0.717, 1.165) is 85.5 Å².